The second-order valence-corrected chi connectivity index (χ2v) is 7.66. The van der Waals surface area contributed by atoms with Gasteiger partial charge in [0.25, 0.3) is 5.91 Å². The van der Waals surface area contributed by atoms with Crippen LogP contribution in [-0.4, -0.2) is 28.5 Å². The van der Waals surface area contributed by atoms with Crippen molar-refractivity contribution in [2.45, 2.75) is 20.3 Å². The SMILES string of the molecule is CCc1ccc(OCC(=O)N/N=C/c2cn(-c3ccccc3)nc2-c2ccc(C)cc2)cc1. The fourth-order valence-corrected chi connectivity index (χ4v) is 3.31. The minimum Gasteiger partial charge on any atom is -0.484 e. The first kappa shape index (κ1) is 22.0. The lowest BCUT2D eigenvalue weighted by molar-refractivity contribution is -0.123. The summed E-state index contributed by atoms with van der Waals surface area (Å²) < 4.78 is 7.34. The zero-order valence-corrected chi connectivity index (χ0v) is 18.7. The van der Waals surface area contributed by atoms with E-state index in [1.54, 1.807) is 10.9 Å². The van der Waals surface area contributed by atoms with Gasteiger partial charge < -0.3 is 4.74 Å². The number of nitrogens with zero attached hydrogens (tertiary/aromatic N) is 3. The van der Waals surface area contributed by atoms with E-state index in [0.29, 0.717) is 5.75 Å². The Morgan fingerprint density at radius 2 is 1.76 bits per heavy atom. The highest BCUT2D eigenvalue weighted by Gasteiger charge is 2.11. The molecule has 33 heavy (non-hydrogen) atoms. The molecule has 0 aliphatic heterocycles. The molecule has 0 radical (unpaired) electrons. The standard InChI is InChI=1S/C27H26N4O2/c1-3-21-11-15-25(16-12-21)33-19-26(32)29-28-17-23-18-31(24-7-5-4-6-8-24)30-27(23)22-13-9-20(2)10-14-22/h4-18H,3,19H2,1-2H3,(H,29,32)/b28-17+. The van der Waals surface area contributed by atoms with E-state index in [2.05, 4.69) is 17.5 Å². The summed E-state index contributed by atoms with van der Waals surface area (Å²) >= 11 is 0. The molecule has 0 bridgehead atoms. The van der Waals surface area contributed by atoms with Crippen molar-refractivity contribution < 1.29 is 9.53 Å². The lowest BCUT2D eigenvalue weighted by atomic mass is 10.1. The van der Waals surface area contributed by atoms with Crippen molar-refractivity contribution in [1.29, 1.82) is 0 Å². The second kappa shape index (κ2) is 10.4. The summed E-state index contributed by atoms with van der Waals surface area (Å²) in [4.78, 5) is 12.2. The average molecular weight is 439 g/mol. The quantitative estimate of drug-likeness (QED) is 0.313. The molecular weight excluding hydrogens is 412 g/mol. The number of hydrogen-bond donors (Lipinski definition) is 1. The molecule has 0 unspecified atom stereocenters. The molecular formula is C27H26N4O2. The lowest BCUT2D eigenvalue weighted by Crippen LogP contribution is -2.24. The molecule has 1 heterocycles. The maximum Gasteiger partial charge on any atom is 0.277 e. The molecule has 0 fully saturated rings. The lowest BCUT2D eigenvalue weighted by Gasteiger charge is -2.05. The zero-order valence-electron chi connectivity index (χ0n) is 18.7. The number of para-hydroxylation sites is 1. The van der Waals surface area contributed by atoms with Crippen LogP contribution >= 0.6 is 0 Å². The highest BCUT2D eigenvalue weighted by molar-refractivity contribution is 5.89. The Morgan fingerprint density at radius 3 is 2.45 bits per heavy atom. The highest BCUT2D eigenvalue weighted by atomic mass is 16.5. The van der Waals surface area contributed by atoms with Crippen LogP contribution in [0.5, 0.6) is 5.75 Å². The third-order valence-electron chi connectivity index (χ3n) is 5.18. The van der Waals surface area contributed by atoms with Gasteiger partial charge in [-0.3, -0.25) is 4.79 Å². The van der Waals surface area contributed by atoms with Crippen molar-refractivity contribution in [1.82, 2.24) is 15.2 Å². The van der Waals surface area contributed by atoms with E-state index in [0.717, 1.165) is 28.9 Å². The number of nitrogens with one attached hydrogen (secondary N) is 1. The molecule has 0 atom stereocenters. The summed E-state index contributed by atoms with van der Waals surface area (Å²) in [5.41, 5.74) is 8.41. The van der Waals surface area contributed by atoms with Crippen molar-refractivity contribution in [3.63, 3.8) is 0 Å². The van der Waals surface area contributed by atoms with Gasteiger partial charge in [0, 0.05) is 17.3 Å². The van der Waals surface area contributed by atoms with Gasteiger partial charge in [0.05, 0.1) is 11.9 Å². The van der Waals surface area contributed by atoms with Crippen LogP contribution in [0.1, 0.15) is 23.6 Å². The van der Waals surface area contributed by atoms with Gasteiger partial charge >= 0.3 is 0 Å². The normalized spacial score (nSPS) is 11.0. The molecule has 0 aliphatic carbocycles. The molecule has 1 amide bonds. The molecule has 6 nitrogen and oxygen atoms in total. The summed E-state index contributed by atoms with van der Waals surface area (Å²) in [5.74, 6) is 0.315. The van der Waals surface area contributed by atoms with Crippen LogP contribution in [-0.2, 0) is 11.2 Å². The molecule has 6 heteroatoms. The number of amides is 1. The molecule has 0 aliphatic rings. The fourth-order valence-electron chi connectivity index (χ4n) is 3.31. The second-order valence-electron chi connectivity index (χ2n) is 7.66. The van der Waals surface area contributed by atoms with Crippen LogP contribution < -0.4 is 10.2 Å². The maximum absolute atomic E-state index is 12.2. The summed E-state index contributed by atoms with van der Waals surface area (Å²) in [6, 6.07) is 25.7. The fraction of sp³-hybridized carbons (Fsp3) is 0.148. The topological polar surface area (TPSA) is 68.5 Å². The van der Waals surface area contributed by atoms with Gasteiger partial charge in [0.1, 0.15) is 11.4 Å². The first-order valence-corrected chi connectivity index (χ1v) is 10.9. The molecule has 0 saturated carbocycles. The van der Waals surface area contributed by atoms with Crippen LogP contribution in [0.3, 0.4) is 0 Å². The largest absolute Gasteiger partial charge is 0.484 e. The molecule has 0 saturated heterocycles. The van der Waals surface area contributed by atoms with Gasteiger partial charge in [-0.25, -0.2) is 10.1 Å². The number of ether oxygens (including phenoxy) is 1. The number of carbonyl (C=O) groups excluding carboxylic acids is 1. The summed E-state index contributed by atoms with van der Waals surface area (Å²) in [6.45, 7) is 4.02. The molecule has 4 aromatic rings. The van der Waals surface area contributed by atoms with E-state index in [1.165, 1.54) is 11.1 Å². The van der Waals surface area contributed by atoms with Gasteiger partial charge in [0.2, 0.25) is 0 Å². The first-order valence-electron chi connectivity index (χ1n) is 10.9. The predicted octanol–water partition coefficient (Wildman–Crippen LogP) is 4.94. The molecule has 0 spiro atoms. The van der Waals surface area contributed by atoms with Crippen LogP contribution in [0, 0.1) is 6.92 Å². The smallest absolute Gasteiger partial charge is 0.277 e. The Balaban J connectivity index is 1.46. The van der Waals surface area contributed by atoms with E-state index in [-0.39, 0.29) is 12.5 Å². The molecule has 3 aromatic carbocycles. The minimum atomic E-state index is -0.335. The first-order chi connectivity index (χ1) is 16.1. The number of benzene rings is 3. The van der Waals surface area contributed by atoms with E-state index in [1.807, 2.05) is 92.0 Å². The van der Waals surface area contributed by atoms with Crippen molar-refractivity contribution >= 4 is 12.1 Å². The van der Waals surface area contributed by atoms with Crippen LogP contribution in [0.4, 0.5) is 0 Å². The Hall–Kier alpha value is -4.19. The molecule has 1 N–H and O–H groups in total. The third-order valence-corrected chi connectivity index (χ3v) is 5.18. The molecule has 1 aromatic heterocycles. The van der Waals surface area contributed by atoms with Crippen molar-refractivity contribution in [2.75, 3.05) is 6.61 Å². The number of rotatable bonds is 8. The van der Waals surface area contributed by atoms with Gasteiger partial charge in [-0.2, -0.15) is 10.2 Å². The van der Waals surface area contributed by atoms with Gasteiger partial charge in [-0.1, -0.05) is 67.1 Å². The van der Waals surface area contributed by atoms with Crippen molar-refractivity contribution in [3.05, 3.63) is 102 Å². The highest BCUT2D eigenvalue weighted by Crippen LogP contribution is 2.23. The number of aryl methyl sites for hydroxylation is 2. The number of hydrogen-bond acceptors (Lipinski definition) is 4. The van der Waals surface area contributed by atoms with Crippen LogP contribution in [0.15, 0.2) is 90.2 Å². The summed E-state index contributed by atoms with van der Waals surface area (Å²) in [5, 5.41) is 8.89. The Morgan fingerprint density at radius 1 is 1.03 bits per heavy atom. The number of carbonyl (C=O) groups is 1. The predicted molar refractivity (Wildman–Crippen MR) is 131 cm³/mol. The summed E-state index contributed by atoms with van der Waals surface area (Å²) in [7, 11) is 0. The van der Waals surface area contributed by atoms with Crippen molar-refractivity contribution in [3.8, 4) is 22.7 Å². The number of hydrazone groups is 1. The van der Waals surface area contributed by atoms with Gasteiger partial charge in [0.15, 0.2) is 6.61 Å². The van der Waals surface area contributed by atoms with E-state index < -0.39 is 0 Å². The Kier molecular flexibility index (Phi) is 6.95. The van der Waals surface area contributed by atoms with E-state index in [4.69, 9.17) is 9.84 Å². The van der Waals surface area contributed by atoms with Crippen molar-refractivity contribution in [2.24, 2.45) is 5.10 Å². The monoisotopic (exact) mass is 438 g/mol. The summed E-state index contributed by atoms with van der Waals surface area (Å²) in [6.07, 6.45) is 4.46. The van der Waals surface area contributed by atoms with E-state index >= 15 is 0 Å². The van der Waals surface area contributed by atoms with Crippen LogP contribution in [0.2, 0.25) is 0 Å². The van der Waals surface area contributed by atoms with Gasteiger partial charge in [-0.05, 0) is 43.2 Å². The number of aromatic nitrogens is 2. The average Bonchev–Trinajstić information content (AvgIpc) is 3.28. The minimum absolute atomic E-state index is 0.114. The van der Waals surface area contributed by atoms with E-state index in [9.17, 15) is 4.79 Å². The maximum atomic E-state index is 12.2. The van der Waals surface area contributed by atoms with Crippen LogP contribution in [0.25, 0.3) is 16.9 Å². The Labute approximate surface area is 193 Å². The molecule has 4 rings (SSSR count). The molecule has 166 valence electrons. The van der Waals surface area contributed by atoms with Gasteiger partial charge in [-0.15, -0.1) is 0 Å². The third kappa shape index (κ3) is 5.74. The zero-order chi connectivity index (χ0) is 23.0. The Bertz CT molecular complexity index is 1230.